The maximum Gasteiger partial charge on any atom is 0.242 e. The number of nitrogens with one attached hydrogen (secondary N) is 2. The van der Waals surface area contributed by atoms with Crippen molar-refractivity contribution in [2.45, 2.75) is 10.1 Å². The van der Waals surface area contributed by atoms with Gasteiger partial charge in [-0.15, -0.1) is 16.4 Å². The maximum atomic E-state index is 12.1. The molecule has 152 valence electrons. The third-order valence-electron chi connectivity index (χ3n) is 3.68. The lowest BCUT2D eigenvalue weighted by atomic mass is 10.3. The molecule has 0 saturated heterocycles. The topological polar surface area (TPSA) is 108 Å². The molecule has 2 heterocycles. The molecule has 0 aliphatic heterocycles. The largest absolute Gasteiger partial charge is 0.325 e. The molecule has 0 atom stereocenters. The summed E-state index contributed by atoms with van der Waals surface area (Å²) in [4.78, 5) is 17.7. The average molecular weight is 450 g/mol. The Morgan fingerprint density at radius 3 is 2.66 bits per heavy atom. The number of carbonyl (C=O) groups excluding carboxylic acids is 1. The molecule has 1 aromatic carbocycles. The molecule has 2 aromatic heterocycles. The summed E-state index contributed by atoms with van der Waals surface area (Å²) in [6.45, 7) is 0. The molecular weight excluding hydrogens is 430 g/mol. The molecular formula is C18H19N5O3S3. The second kappa shape index (κ2) is 9.35. The minimum absolute atomic E-state index is 0.129. The molecule has 0 spiro atoms. The van der Waals surface area contributed by atoms with Crippen molar-refractivity contribution in [2.75, 3.05) is 25.2 Å². The van der Waals surface area contributed by atoms with Crippen molar-refractivity contribution in [3.8, 4) is 0 Å². The summed E-state index contributed by atoms with van der Waals surface area (Å²) in [5.74, 6) is 0.502. The molecule has 0 radical (unpaired) electrons. The van der Waals surface area contributed by atoms with Crippen LogP contribution in [0.1, 0.15) is 10.7 Å². The molecule has 2 N–H and O–H groups in total. The number of anilines is 1. The number of aromatic nitrogens is 3. The van der Waals surface area contributed by atoms with Gasteiger partial charge in [0.1, 0.15) is 5.82 Å². The predicted octanol–water partition coefficient (Wildman–Crippen LogP) is 3.02. The fourth-order valence-electron chi connectivity index (χ4n) is 2.19. The first kappa shape index (κ1) is 21.2. The molecule has 0 bridgehead atoms. The first-order valence-electron chi connectivity index (χ1n) is 8.44. The summed E-state index contributed by atoms with van der Waals surface area (Å²) < 4.78 is 25.2. The molecule has 1 amide bonds. The number of nitrogens with zero attached hydrogens (tertiary/aromatic N) is 3. The van der Waals surface area contributed by atoms with Crippen molar-refractivity contribution < 1.29 is 13.2 Å². The number of rotatable bonds is 8. The van der Waals surface area contributed by atoms with Gasteiger partial charge in [-0.25, -0.2) is 17.7 Å². The molecule has 3 rings (SSSR count). The monoisotopic (exact) mass is 449 g/mol. The zero-order valence-corrected chi connectivity index (χ0v) is 18.1. The quantitative estimate of drug-likeness (QED) is 0.512. The van der Waals surface area contributed by atoms with Gasteiger partial charge in [0.2, 0.25) is 21.1 Å². The Hall–Kier alpha value is -2.47. The maximum absolute atomic E-state index is 12.1. The number of carbonyl (C=O) groups is 1. The van der Waals surface area contributed by atoms with Crippen LogP contribution in [-0.2, 0) is 14.8 Å². The SMILES string of the molecule is CN(C)S(=O)(=O)c1ccc(NC(=O)CSc2n[nH]c(C=Cc3cccs3)n2)cc1. The number of amides is 1. The van der Waals surface area contributed by atoms with Gasteiger partial charge in [0.15, 0.2) is 0 Å². The normalized spacial score (nSPS) is 12.0. The number of thioether (sulfide) groups is 1. The summed E-state index contributed by atoms with van der Waals surface area (Å²) in [7, 11) is -0.560. The van der Waals surface area contributed by atoms with Crippen LogP contribution in [-0.4, -0.2) is 53.7 Å². The number of hydrogen-bond acceptors (Lipinski definition) is 7. The molecule has 3 aromatic rings. The van der Waals surface area contributed by atoms with Gasteiger partial charge in [0.25, 0.3) is 0 Å². The van der Waals surface area contributed by atoms with Gasteiger partial charge in [0.05, 0.1) is 10.6 Å². The fraction of sp³-hybridized carbons (Fsp3) is 0.167. The summed E-state index contributed by atoms with van der Waals surface area (Å²) in [5, 5.41) is 12.1. The third-order valence-corrected chi connectivity index (χ3v) is 7.19. The molecule has 8 nitrogen and oxygen atoms in total. The van der Waals surface area contributed by atoms with E-state index in [2.05, 4.69) is 20.5 Å². The minimum atomic E-state index is -3.49. The van der Waals surface area contributed by atoms with E-state index in [1.807, 2.05) is 29.7 Å². The van der Waals surface area contributed by atoms with Crippen LogP contribution in [0.25, 0.3) is 12.2 Å². The van der Waals surface area contributed by atoms with E-state index in [-0.39, 0.29) is 16.6 Å². The summed E-state index contributed by atoms with van der Waals surface area (Å²) in [6, 6.07) is 10.00. The van der Waals surface area contributed by atoms with Gasteiger partial charge < -0.3 is 5.32 Å². The van der Waals surface area contributed by atoms with Crippen LogP contribution in [0.5, 0.6) is 0 Å². The molecule has 0 saturated carbocycles. The van der Waals surface area contributed by atoms with Crippen molar-refractivity contribution in [2.24, 2.45) is 0 Å². The van der Waals surface area contributed by atoms with Crippen molar-refractivity contribution >= 4 is 56.9 Å². The molecule has 0 unspecified atom stereocenters. The molecule has 29 heavy (non-hydrogen) atoms. The fourth-order valence-corrected chi connectivity index (χ4v) is 4.32. The zero-order chi connectivity index (χ0) is 20.9. The molecule has 11 heteroatoms. The van der Waals surface area contributed by atoms with E-state index < -0.39 is 10.0 Å². The van der Waals surface area contributed by atoms with E-state index in [0.29, 0.717) is 16.7 Å². The molecule has 0 aliphatic carbocycles. The first-order valence-corrected chi connectivity index (χ1v) is 11.7. The van der Waals surface area contributed by atoms with Crippen molar-refractivity contribution in [3.63, 3.8) is 0 Å². The predicted molar refractivity (Wildman–Crippen MR) is 116 cm³/mol. The van der Waals surface area contributed by atoms with Crippen LogP contribution in [0, 0.1) is 0 Å². The van der Waals surface area contributed by atoms with E-state index in [0.717, 1.165) is 9.18 Å². The van der Waals surface area contributed by atoms with Crippen LogP contribution >= 0.6 is 23.1 Å². The second-order valence-electron chi connectivity index (χ2n) is 6.00. The van der Waals surface area contributed by atoms with Crippen molar-refractivity contribution in [3.05, 3.63) is 52.5 Å². The Morgan fingerprint density at radius 2 is 2.00 bits per heavy atom. The highest BCUT2D eigenvalue weighted by Crippen LogP contribution is 2.18. The minimum Gasteiger partial charge on any atom is -0.325 e. The Morgan fingerprint density at radius 1 is 1.24 bits per heavy atom. The number of hydrogen-bond donors (Lipinski definition) is 2. The highest BCUT2D eigenvalue weighted by Gasteiger charge is 2.16. The Labute approximate surface area is 177 Å². The number of thiophene rings is 1. The zero-order valence-electron chi connectivity index (χ0n) is 15.7. The van der Waals surface area contributed by atoms with Crippen LogP contribution in [0.2, 0.25) is 0 Å². The van der Waals surface area contributed by atoms with Crippen molar-refractivity contribution in [1.29, 1.82) is 0 Å². The smallest absolute Gasteiger partial charge is 0.242 e. The average Bonchev–Trinajstić information content (AvgIpc) is 3.37. The van der Waals surface area contributed by atoms with Gasteiger partial charge in [-0.3, -0.25) is 9.89 Å². The van der Waals surface area contributed by atoms with Crippen LogP contribution < -0.4 is 5.32 Å². The molecule has 0 fully saturated rings. The van der Waals surface area contributed by atoms with Gasteiger partial charge >= 0.3 is 0 Å². The van der Waals surface area contributed by atoms with E-state index in [4.69, 9.17) is 0 Å². The van der Waals surface area contributed by atoms with Crippen molar-refractivity contribution in [1.82, 2.24) is 19.5 Å². The number of sulfonamides is 1. The van der Waals surface area contributed by atoms with Gasteiger partial charge in [0, 0.05) is 24.7 Å². The number of H-pyrrole nitrogens is 1. The van der Waals surface area contributed by atoms with E-state index in [9.17, 15) is 13.2 Å². The van der Waals surface area contributed by atoms with Crippen LogP contribution in [0.3, 0.4) is 0 Å². The Kier molecular flexibility index (Phi) is 6.85. The summed E-state index contributed by atoms with van der Waals surface area (Å²) in [5.41, 5.74) is 0.517. The van der Waals surface area contributed by atoms with Gasteiger partial charge in [-0.1, -0.05) is 17.8 Å². The standard InChI is InChI=1S/C18H19N5O3S3/c1-23(2)29(25,26)15-8-5-13(6-9-15)19-17(24)12-28-18-20-16(21-22-18)10-7-14-4-3-11-27-14/h3-11H,12H2,1-2H3,(H,19,24)(H,20,21,22). The van der Waals surface area contributed by atoms with Crippen LogP contribution in [0.15, 0.2) is 51.8 Å². The highest BCUT2D eigenvalue weighted by molar-refractivity contribution is 7.99. The lowest BCUT2D eigenvalue weighted by Crippen LogP contribution is -2.22. The van der Waals surface area contributed by atoms with E-state index in [1.165, 1.54) is 38.0 Å². The first-order chi connectivity index (χ1) is 13.8. The summed E-state index contributed by atoms with van der Waals surface area (Å²) in [6.07, 6.45) is 3.76. The number of benzene rings is 1. The van der Waals surface area contributed by atoms with Crippen LogP contribution in [0.4, 0.5) is 5.69 Å². The van der Waals surface area contributed by atoms with Gasteiger partial charge in [-0.2, -0.15) is 0 Å². The Balaban J connectivity index is 1.51. The highest BCUT2D eigenvalue weighted by atomic mass is 32.2. The lowest BCUT2D eigenvalue weighted by molar-refractivity contribution is -0.113. The second-order valence-corrected chi connectivity index (χ2v) is 10.1. The summed E-state index contributed by atoms with van der Waals surface area (Å²) >= 11 is 2.83. The Bertz CT molecular complexity index is 1090. The molecule has 0 aliphatic rings. The third kappa shape index (κ3) is 5.76. The van der Waals surface area contributed by atoms with Gasteiger partial charge in [-0.05, 0) is 47.9 Å². The van der Waals surface area contributed by atoms with E-state index >= 15 is 0 Å². The lowest BCUT2D eigenvalue weighted by Gasteiger charge is -2.11. The number of aromatic amines is 1. The van der Waals surface area contributed by atoms with E-state index in [1.54, 1.807) is 23.5 Å².